The minimum Gasteiger partial charge on any atom is -0.334 e. The SMILES string of the molecule is Cc1cc(C(C#N)c2ccc(Cl)cc2)c(Cl)cc1Nc1ncnc(N(C)c2ccccc2)c1[N+](=O)[O-]. The topological polar surface area (TPSA) is 108 Å². The summed E-state index contributed by atoms with van der Waals surface area (Å²) in [4.78, 5) is 21.5. The summed E-state index contributed by atoms with van der Waals surface area (Å²) >= 11 is 12.6. The van der Waals surface area contributed by atoms with Crippen LogP contribution in [-0.2, 0) is 0 Å². The first-order valence-corrected chi connectivity index (χ1v) is 11.6. The predicted molar refractivity (Wildman–Crippen MR) is 142 cm³/mol. The number of aryl methyl sites for hydroxylation is 1. The lowest BCUT2D eigenvalue weighted by molar-refractivity contribution is -0.383. The van der Waals surface area contributed by atoms with Gasteiger partial charge in [-0.05, 0) is 53.9 Å². The molecule has 0 fully saturated rings. The van der Waals surface area contributed by atoms with Gasteiger partial charge in [0, 0.05) is 28.5 Å². The Morgan fingerprint density at radius 1 is 1.08 bits per heavy atom. The van der Waals surface area contributed by atoms with E-state index in [0.29, 0.717) is 21.3 Å². The summed E-state index contributed by atoms with van der Waals surface area (Å²) in [6, 6.07) is 21.9. The Morgan fingerprint density at radius 2 is 1.78 bits per heavy atom. The fourth-order valence-corrected chi connectivity index (χ4v) is 4.21. The summed E-state index contributed by atoms with van der Waals surface area (Å²) in [5.41, 5.74) is 3.08. The molecule has 0 spiro atoms. The predicted octanol–water partition coefficient (Wildman–Crippen LogP) is 7.17. The average molecular weight is 519 g/mol. The van der Waals surface area contributed by atoms with Crippen LogP contribution in [0.5, 0.6) is 0 Å². The van der Waals surface area contributed by atoms with Crippen molar-refractivity contribution in [1.82, 2.24) is 9.97 Å². The molecule has 8 nitrogen and oxygen atoms in total. The second kappa shape index (κ2) is 10.6. The molecule has 0 radical (unpaired) electrons. The minimum atomic E-state index is -0.609. The van der Waals surface area contributed by atoms with E-state index in [1.165, 1.54) is 6.33 Å². The zero-order chi connectivity index (χ0) is 25.8. The Kier molecular flexibility index (Phi) is 7.34. The molecule has 36 heavy (non-hydrogen) atoms. The van der Waals surface area contributed by atoms with E-state index >= 15 is 0 Å². The van der Waals surface area contributed by atoms with Crippen molar-refractivity contribution in [2.45, 2.75) is 12.8 Å². The summed E-state index contributed by atoms with van der Waals surface area (Å²) in [6.07, 6.45) is 1.27. The Morgan fingerprint density at radius 3 is 2.42 bits per heavy atom. The van der Waals surface area contributed by atoms with Gasteiger partial charge >= 0.3 is 5.69 Å². The third kappa shape index (κ3) is 5.08. The van der Waals surface area contributed by atoms with Crippen molar-refractivity contribution >= 4 is 51.9 Å². The van der Waals surface area contributed by atoms with Crippen molar-refractivity contribution in [3.8, 4) is 6.07 Å². The van der Waals surface area contributed by atoms with Crippen molar-refractivity contribution in [1.29, 1.82) is 5.26 Å². The monoisotopic (exact) mass is 518 g/mol. The molecule has 0 aliphatic heterocycles. The fourth-order valence-electron chi connectivity index (χ4n) is 3.81. The highest BCUT2D eigenvalue weighted by Crippen LogP contribution is 2.39. The highest BCUT2D eigenvalue weighted by atomic mass is 35.5. The molecule has 1 aromatic heterocycles. The number of hydrogen-bond acceptors (Lipinski definition) is 7. The number of aromatic nitrogens is 2. The molecule has 0 aliphatic rings. The molecule has 0 aliphatic carbocycles. The molecular weight excluding hydrogens is 499 g/mol. The van der Waals surface area contributed by atoms with Crippen LogP contribution in [0.4, 0.5) is 28.7 Å². The molecule has 10 heteroatoms. The number of nitriles is 1. The van der Waals surface area contributed by atoms with E-state index in [1.54, 1.807) is 48.3 Å². The van der Waals surface area contributed by atoms with Crippen LogP contribution in [0.3, 0.4) is 0 Å². The number of nitrogens with zero attached hydrogens (tertiary/aromatic N) is 5. The number of anilines is 4. The van der Waals surface area contributed by atoms with Crippen molar-refractivity contribution in [3.05, 3.63) is 110 Å². The van der Waals surface area contributed by atoms with Gasteiger partial charge < -0.3 is 10.2 Å². The lowest BCUT2D eigenvalue weighted by Gasteiger charge is -2.19. The number of benzene rings is 3. The highest BCUT2D eigenvalue weighted by Gasteiger charge is 2.27. The zero-order valence-corrected chi connectivity index (χ0v) is 20.8. The number of rotatable bonds is 7. The van der Waals surface area contributed by atoms with Crippen molar-refractivity contribution < 1.29 is 4.92 Å². The lowest BCUT2D eigenvalue weighted by Crippen LogP contribution is -2.15. The molecule has 1 unspecified atom stereocenters. The quantitative estimate of drug-likeness (QED) is 0.204. The van der Waals surface area contributed by atoms with Crippen LogP contribution < -0.4 is 10.2 Å². The van der Waals surface area contributed by atoms with E-state index in [4.69, 9.17) is 23.2 Å². The first-order chi connectivity index (χ1) is 17.3. The molecule has 0 bridgehead atoms. The van der Waals surface area contributed by atoms with Crippen molar-refractivity contribution in [3.63, 3.8) is 0 Å². The van der Waals surface area contributed by atoms with Gasteiger partial charge in [-0.1, -0.05) is 59.6 Å². The Balaban J connectivity index is 1.72. The summed E-state index contributed by atoms with van der Waals surface area (Å²) < 4.78 is 0. The zero-order valence-electron chi connectivity index (χ0n) is 19.3. The van der Waals surface area contributed by atoms with Crippen LogP contribution in [0.15, 0.2) is 73.1 Å². The minimum absolute atomic E-state index is 0.0224. The maximum Gasteiger partial charge on any atom is 0.354 e. The molecule has 0 amide bonds. The first-order valence-electron chi connectivity index (χ1n) is 10.8. The van der Waals surface area contributed by atoms with E-state index in [9.17, 15) is 15.4 Å². The van der Waals surface area contributed by atoms with Gasteiger partial charge in [-0.25, -0.2) is 9.97 Å². The third-order valence-corrected chi connectivity index (χ3v) is 6.27. The van der Waals surface area contributed by atoms with E-state index in [1.807, 2.05) is 37.3 Å². The molecule has 4 aromatic rings. The molecule has 4 rings (SSSR count). The van der Waals surface area contributed by atoms with Gasteiger partial charge in [0.05, 0.1) is 16.9 Å². The van der Waals surface area contributed by atoms with Crippen LogP contribution in [0.2, 0.25) is 10.0 Å². The average Bonchev–Trinajstić information content (AvgIpc) is 2.88. The Labute approximate surface area is 217 Å². The second-order valence-electron chi connectivity index (χ2n) is 7.97. The van der Waals surface area contributed by atoms with Gasteiger partial charge in [0.15, 0.2) is 0 Å². The first kappa shape index (κ1) is 24.9. The smallest absolute Gasteiger partial charge is 0.334 e. The lowest BCUT2D eigenvalue weighted by atomic mass is 9.91. The van der Waals surface area contributed by atoms with E-state index in [2.05, 4.69) is 21.4 Å². The molecule has 180 valence electrons. The van der Waals surface area contributed by atoms with Crippen molar-refractivity contribution in [2.24, 2.45) is 0 Å². The van der Waals surface area contributed by atoms with Crippen molar-refractivity contribution in [2.75, 3.05) is 17.3 Å². The van der Waals surface area contributed by atoms with Gasteiger partial charge in [0.25, 0.3) is 0 Å². The Hall–Kier alpha value is -4.19. The summed E-state index contributed by atoms with van der Waals surface area (Å²) in [7, 11) is 1.70. The van der Waals surface area contributed by atoms with Crippen LogP contribution >= 0.6 is 23.2 Å². The second-order valence-corrected chi connectivity index (χ2v) is 8.82. The van der Waals surface area contributed by atoms with E-state index in [0.717, 1.165) is 16.8 Å². The maximum absolute atomic E-state index is 12.1. The van der Waals surface area contributed by atoms with Crippen LogP contribution in [0.25, 0.3) is 0 Å². The number of para-hydroxylation sites is 1. The molecule has 0 saturated heterocycles. The largest absolute Gasteiger partial charge is 0.354 e. The number of nitrogens with one attached hydrogen (secondary N) is 1. The van der Waals surface area contributed by atoms with Gasteiger partial charge in [-0.3, -0.25) is 10.1 Å². The van der Waals surface area contributed by atoms with E-state index in [-0.39, 0.29) is 17.3 Å². The normalized spacial score (nSPS) is 11.4. The fraction of sp³-hybridized carbons (Fsp3) is 0.115. The summed E-state index contributed by atoms with van der Waals surface area (Å²) in [6.45, 7) is 1.82. The molecule has 3 aromatic carbocycles. The Bertz CT molecular complexity index is 1460. The molecule has 1 heterocycles. The third-order valence-electron chi connectivity index (χ3n) is 5.69. The number of nitro groups is 1. The van der Waals surface area contributed by atoms with E-state index < -0.39 is 10.8 Å². The van der Waals surface area contributed by atoms with Gasteiger partial charge in [-0.15, -0.1) is 0 Å². The highest BCUT2D eigenvalue weighted by molar-refractivity contribution is 6.32. The summed E-state index contributed by atoms with van der Waals surface area (Å²) in [5, 5.41) is 25.9. The van der Waals surface area contributed by atoms with Crippen LogP contribution in [0, 0.1) is 28.4 Å². The summed E-state index contributed by atoms with van der Waals surface area (Å²) in [5.74, 6) is -0.451. The molecule has 1 atom stereocenters. The molecule has 0 saturated carbocycles. The number of hydrogen-bond donors (Lipinski definition) is 1. The van der Waals surface area contributed by atoms with Crippen LogP contribution in [-0.4, -0.2) is 21.9 Å². The van der Waals surface area contributed by atoms with Gasteiger partial charge in [-0.2, -0.15) is 5.26 Å². The standard InChI is InChI=1S/C26H20Cl2N6O2/c1-16-12-20(21(14-29)17-8-10-18(27)11-9-17)22(28)13-23(16)32-25-24(34(35)36)26(31-15-30-25)33(2)19-6-4-3-5-7-19/h3-13,15,21H,1-2H3,(H,30,31,32). The molecular formula is C26H20Cl2N6O2. The maximum atomic E-state index is 12.1. The van der Waals surface area contributed by atoms with Gasteiger partial charge in [0.2, 0.25) is 11.6 Å². The number of halogens is 2. The molecule has 1 N–H and O–H groups in total. The van der Waals surface area contributed by atoms with Crippen LogP contribution in [0.1, 0.15) is 22.6 Å². The van der Waals surface area contributed by atoms with Gasteiger partial charge in [0.1, 0.15) is 6.33 Å².